The van der Waals surface area contributed by atoms with Crippen LogP contribution in [0, 0.1) is 5.92 Å². The van der Waals surface area contributed by atoms with Crippen LogP contribution in [-0.4, -0.2) is 56.8 Å². The number of amides is 1. The highest BCUT2D eigenvalue weighted by molar-refractivity contribution is 7.81. The number of ether oxygens (including phenoxy) is 1. The molecule has 0 spiro atoms. The number of aromatic nitrogens is 2. The highest BCUT2D eigenvalue weighted by atomic mass is 32.2. The van der Waals surface area contributed by atoms with Gasteiger partial charge in [-0.05, 0) is 61.4 Å². The lowest BCUT2D eigenvalue weighted by Crippen LogP contribution is -2.39. The Morgan fingerprint density at radius 3 is 2.76 bits per heavy atom. The van der Waals surface area contributed by atoms with E-state index in [4.69, 9.17) is 4.74 Å². The van der Waals surface area contributed by atoms with E-state index < -0.39 is 11.0 Å². The van der Waals surface area contributed by atoms with E-state index in [1.165, 1.54) is 5.56 Å². The van der Waals surface area contributed by atoms with Crippen LogP contribution in [0.3, 0.4) is 0 Å². The minimum Gasteiger partial charge on any atom is -0.437 e. The molecule has 2 aromatic carbocycles. The second-order valence-corrected chi connectivity index (χ2v) is 11.0. The maximum atomic E-state index is 12.9. The van der Waals surface area contributed by atoms with Crippen molar-refractivity contribution in [3.05, 3.63) is 77.7 Å². The van der Waals surface area contributed by atoms with Crippen LogP contribution in [-0.2, 0) is 24.0 Å². The summed E-state index contributed by atoms with van der Waals surface area (Å²) < 4.78 is 19.7. The molecule has 2 aliphatic heterocycles. The molecule has 194 valence electrons. The monoisotopic (exact) mass is 519 g/mol. The fourth-order valence-corrected chi connectivity index (χ4v) is 5.81. The molecule has 0 radical (unpaired) electrons. The second kappa shape index (κ2) is 11.8. The fourth-order valence-electron chi connectivity index (χ4n) is 5.08. The molecule has 37 heavy (non-hydrogen) atoms. The molecule has 1 unspecified atom stereocenters. The van der Waals surface area contributed by atoms with Gasteiger partial charge >= 0.3 is 0 Å². The third-order valence-corrected chi connectivity index (χ3v) is 8.23. The number of hydrogen-bond donors (Lipinski definition) is 1. The van der Waals surface area contributed by atoms with E-state index in [0.717, 1.165) is 62.3 Å². The van der Waals surface area contributed by atoms with Gasteiger partial charge < -0.3 is 15.0 Å². The molecule has 1 saturated heterocycles. The van der Waals surface area contributed by atoms with Crippen molar-refractivity contribution >= 4 is 22.6 Å². The molecule has 2 aliphatic rings. The van der Waals surface area contributed by atoms with Gasteiger partial charge in [0, 0.05) is 68.2 Å². The first-order valence-electron chi connectivity index (χ1n) is 12.8. The Kier molecular flexibility index (Phi) is 8.11. The van der Waals surface area contributed by atoms with Gasteiger partial charge in [-0.25, -0.2) is 13.5 Å². The summed E-state index contributed by atoms with van der Waals surface area (Å²) in [5.41, 5.74) is 4.14. The zero-order chi connectivity index (χ0) is 25.6. The number of anilines is 1. The maximum absolute atomic E-state index is 12.9. The van der Waals surface area contributed by atoms with Gasteiger partial charge in [-0.1, -0.05) is 18.2 Å². The van der Waals surface area contributed by atoms with Crippen LogP contribution in [0.15, 0.2) is 61.1 Å². The number of aryl methyl sites for hydroxylation is 1. The third kappa shape index (κ3) is 6.34. The smallest absolute Gasteiger partial charge is 0.251 e. The van der Waals surface area contributed by atoms with Crippen LogP contribution in [0.5, 0.6) is 11.6 Å². The van der Waals surface area contributed by atoms with Gasteiger partial charge in [0.15, 0.2) is 0 Å². The van der Waals surface area contributed by atoms with Crippen molar-refractivity contribution in [3.8, 4) is 11.6 Å². The summed E-state index contributed by atoms with van der Waals surface area (Å²) in [5, 5.41) is 3.13. The van der Waals surface area contributed by atoms with E-state index in [0.29, 0.717) is 30.5 Å². The van der Waals surface area contributed by atoms with Crippen molar-refractivity contribution in [2.45, 2.75) is 32.2 Å². The number of piperidine rings is 1. The molecule has 8 nitrogen and oxygen atoms in total. The Morgan fingerprint density at radius 2 is 1.97 bits per heavy atom. The molecule has 3 aromatic rings. The normalized spacial score (nSPS) is 17.2. The van der Waals surface area contributed by atoms with E-state index in [2.05, 4.69) is 32.3 Å². The first kappa shape index (κ1) is 25.4. The van der Waals surface area contributed by atoms with Crippen LogP contribution < -0.4 is 15.0 Å². The summed E-state index contributed by atoms with van der Waals surface area (Å²) >= 11 is 0. The molecule has 5 rings (SSSR count). The number of hydrogen-bond acceptors (Lipinski definition) is 6. The van der Waals surface area contributed by atoms with Crippen molar-refractivity contribution in [1.29, 1.82) is 0 Å². The number of carbonyl (C=O) groups is 1. The number of fused-ring (bicyclic) bond motifs is 1. The van der Waals surface area contributed by atoms with Crippen molar-refractivity contribution in [3.63, 3.8) is 0 Å². The summed E-state index contributed by atoms with van der Waals surface area (Å²) in [6, 6.07) is 14.0. The molecule has 1 aromatic heterocycles. The number of rotatable bonds is 8. The third-order valence-electron chi connectivity index (χ3n) is 7.13. The Bertz CT molecular complexity index is 1250. The van der Waals surface area contributed by atoms with E-state index >= 15 is 0 Å². The average Bonchev–Trinajstić information content (AvgIpc) is 2.93. The largest absolute Gasteiger partial charge is 0.437 e. The fraction of sp³-hybridized carbons (Fsp3) is 0.393. The minimum absolute atomic E-state index is 0.0239. The van der Waals surface area contributed by atoms with Gasteiger partial charge in [-0.3, -0.25) is 9.78 Å². The minimum atomic E-state index is -0.908. The predicted octanol–water partition coefficient (Wildman–Crippen LogP) is 3.96. The zero-order valence-electron chi connectivity index (χ0n) is 21.1. The zero-order valence-corrected chi connectivity index (χ0v) is 22.0. The highest BCUT2D eigenvalue weighted by Gasteiger charge is 2.23. The summed E-state index contributed by atoms with van der Waals surface area (Å²) in [6.07, 6.45) is 10.5. The molecule has 3 heterocycles. The lowest BCUT2D eigenvalue weighted by Gasteiger charge is -2.32. The van der Waals surface area contributed by atoms with Gasteiger partial charge in [0.1, 0.15) is 5.75 Å². The number of para-hydroxylation sites is 1. The van der Waals surface area contributed by atoms with Crippen LogP contribution in [0.25, 0.3) is 0 Å². The summed E-state index contributed by atoms with van der Waals surface area (Å²) in [4.78, 5) is 23.6. The highest BCUT2D eigenvalue weighted by Crippen LogP contribution is 2.32. The van der Waals surface area contributed by atoms with Crippen LogP contribution in [0.4, 0.5) is 5.69 Å². The molecule has 9 heteroatoms. The first-order chi connectivity index (χ1) is 18.1. The van der Waals surface area contributed by atoms with E-state index in [9.17, 15) is 9.00 Å². The Labute approximate surface area is 220 Å². The molecule has 0 bridgehead atoms. The van der Waals surface area contributed by atoms with Crippen LogP contribution >= 0.6 is 0 Å². The lowest BCUT2D eigenvalue weighted by atomic mass is 9.97. The van der Waals surface area contributed by atoms with E-state index in [1.54, 1.807) is 24.8 Å². The summed E-state index contributed by atoms with van der Waals surface area (Å²) in [7, 11) is -0.908. The molecule has 1 fully saturated rings. The quantitative estimate of drug-likeness (QED) is 0.485. The Balaban J connectivity index is 1.23. The molecule has 1 N–H and O–H groups in total. The Hall–Kier alpha value is -3.30. The van der Waals surface area contributed by atoms with Gasteiger partial charge in [0.2, 0.25) is 5.88 Å². The number of nitrogens with zero attached hydrogens (tertiary/aromatic N) is 4. The second-order valence-electron chi connectivity index (χ2n) is 9.63. The van der Waals surface area contributed by atoms with Gasteiger partial charge in [0.25, 0.3) is 5.91 Å². The lowest BCUT2D eigenvalue weighted by molar-refractivity contribution is 0.0941. The van der Waals surface area contributed by atoms with Crippen molar-refractivity contribution in [2.24, 2.45) is 5.92 Å². The van der Waals surface area contributed by atoms with Crippen LogP contribution in [0.2, 0.25) is 0 Å². The van der Waals surface area contributed by atoms with Gasteiger partial charge in [-0.2, -0.15) is 0 Å². The number of nitrogens with one attached hydrogen (secondary N) is 1. The Morgan fingerprint density at radius 1 is 1.14 bits per heavy atom. The van der Waals surface area contributed by atoms with Gasteiger partial charge in [0.05, 0.1) is 17.2 Å². The van der Waals surface area contributed by atoms with Crippen molar-refractivity contribution in [2.75, 3.05) is 37.3 Å². The summed E-state index contributed by atoms with van der Waals surface area (Å²) in [6.45, 7) is 3.96. The molecular formula is C28H33N5O3S. The average molecular weight is 520 g/mol. The standard InChI is InChI=1S/C28H33N5O3S/c1-37(35)33-15-10-21(11-16-33)18-31-28(34)23-8-9-25-22(17-23)6-4-14-32(25)20-24-5-2-3-7-26(24)36-27-19-29-12-13-30-27/h2-3,5,7-9,12-13,17,19,21H,4,6,10-11,14-16,18,20H2,1H3,(H,31,34). The van der Waals surface area contributed by atoms with Gasteiger partial charge in [-0.15, -0.1) is 0 Å². The first-order valence-corrected chi connectivity index (χ1v) is 14.3. The topological polar surface area (TPSA) is 87.7 Å². The van der Waals surface area contributed by atoms with E-state index in [1.807, 2.05) is 34.6 Å². The molecular weight excluding hydrogens is 486 g/mol. The molecule has 1 amide bonds. The maximum Gasteiger partial charge on any atom is 0.251 e. The SMILES string of the molecule is CS(=O)N1CCC(CNC(=O)c2ccc3c(c2)CCCN3Cc2ccccc2Oc2cnccn2)CC1. The molecule has 0 saturated carbocycles. The molecule has 1 atom stereocenters. The number of carbonyl (C=O) groups excluding carboxylic acids is 1. The van der Waals surface area contributed by atoms with Crippen LogP contribution in [0.1, 0.15) is 40.7 Å². The van der Waals surface area contributed by atoms with Crippen molar-refractivity contribution < 1.29 is 13.7 Å². The summed E-state index contributed by atoms with van der Waals surface area (Å²) in [5.74, 6) is 1.64. The van der Waals surface area contributed by atoms with E-state index in [-0.39, 0.29) is 5.91 Å². The predicted molar refractivity (Wildman–Crippen MR) is 145 cm³/mol. The molecule has 0 aliphatic carbocycles. The number of benzene rings is 2. The van der Waals surface area contributed by atoms with Crippen molar-refractivity contribution in [1.82, 2.24) is 19.6 Å².